The minimum Gasteiger partial charge on any atom is -0.311 e. The van der Waals surface area contributed by atoms with Crippen LogP contribution in [0.3, 0.4) is 0 Å². The van der Waals surface area contributed by atoms with Crippen molar-refractivity contribution in [1.29, 1.82) is 0 Å². The molecule has 1 N–H and O–H groups in total. The Hall–Kier alpha value is -0.830. The Morgan fingerprint density at radius 2 is 2.22 bits per heavy atom. The Bertz CT molecular complexity index is 360. The van der Waals surface area contributed by atoms with Crippen LogP contribution in [0.4, 0.5) is 0 Å². The first-order chi connectivity index (χ1) is 8.62. The fourth-order valence-electron chi connectivity index (χ4n) is 3.13. The highest BCUT2D eigenvalue weighted by atomic mass is 15.2. The lowest BCUT2D eigenvalue weighted by atomic mass is 9.78. The molecule has 3 nitrogen and oxygen atoms in total. The van der Waals surface area contributed by atoms with E-state index in [2.05, 4.69) is 30.5 Å². The minimum absolute atomic E-state index is 0.340. The number of rotatable bonds is 4. The molecule has 18 heavy (non-hydrogen) atoms. The van der Waals surface area contributed by atoms with E-state index >= 15 is 0 Å². The molecule has 0 saturated carbocycles. The summed E-state index contributed by atoms with van der Waals surface area (Å²) in [6.07, 6.45) is 11.9. The van der Waals surface area contributed by atoms with Crippen molar-refractivity contribution < 1.29 is 0 Å². The first-order valence-corrected chi connectivity index (χ1v) is 7.35. The highest BCUT2D eigenvalue weighted by Gasteiger charge is 2.33. The number of aromatic nitrogens is 2. The van der Waals surface area contributed by atoms with E-state index in [1.54, 1.807) is 0 Å². The van der Waals surface area contributed by atoms with E-state index < -0.39 is 0 Å². The van der Waals surface area contributed by atoms with Gasteiger partial charge in [0.1, 0.15) is 0 Å². The molecule has 0 aliphatic carbocycles. The van der Waals surface area contributed by atoms with Gasteiger partial charge >= 0.3 is 0 Å². The molecule has 1 aliphatic heterocycles. The molecule has 1 aromatic rings. The molecule has 102 valence electrons. The van der Waals surface area contributed by atoms with Crippen molar-refractivity contribution >= 4 is 0 Å². The van der Waals surface area contributed by atoms with Crippen molar-refractivity contribution in [3.63, 3.8) is 0 Å². The van der Waals surface area contributed by atoms with Gasteiger partial charge in [-0.05, 0) is 43.7 Å². The Kier molecular flexibility index (Phi) is 4.44. The maximum Gasteiger partial charge on any atom is 0.0521 e. The van der Waals surface area contributed by atoms with E-state index in [4.69, 9.17) is 0 Å². The second-order valence-corrected chi connectivity index (χ2v) is 6.07. The summed E-state index contributed by atoms with van der Waals surface area (Å²) in [5, 5.41) is 8.11. The molecular weight excluding hydrogens is 222 g/mol. The molecule has 1 fully saturated rings. The van der Waals surface area contributed by atoms with Gasteiger partial charge < -0.3 is 5.32 Å². The molecule has 2 heterocycles. The average molecular weight is 249 g/mol. The normalized spacial score (nSPS) is 25.3. The fraction of sp³-hybridized carbons (Fsp3) is 0.800. The molecule has 0 radical (unpaired) electrons. The van der Waals surface area contributed by atoms with Gasteiger partial charge in [-0.2, -0.15) is 5.10 Å². The summed E-state index contributed by atoms with van der Waals surface area (Å²) < 4.78 is 1.90. The zero-order chi connectivity index (χ0) is 13.0. The number of hydrogen-bond donors (Lipinski definition) is 1. The fourth-order valence-corrected chi connectivity index (χ4v) is 3.13. The van der Waals surface area contributed by atoms with Crippen LogP contribution >= 0.6 is 0 Å². The van der Waals surface area contributed by atoms with Crippen LogP contribution in [0, 0.1) is 5.92 Å². The lowest BCUT2D eigenvalue weighted by Gasteiger charge is -2.38. The van der Waals surface area contributed by atoms with Gasteiger partial charge in [0.05, 0.1) is 6.20 Å². The standard InChI is InChI=1S/C15H27N3/c1-13(2)15(8-5-4-6-10-16-15)9-7-14-11-17-18(3)12-14/h11-13,16H,4-10H2,1-3H3. The Balaban J connectivity index is 2.01. The molecular formula is C15H27N3. The van der Waals surface area contributed by atoms with E-state index in [-0.39, 0.29) is 0 Å². The summed E-state index contributed by atoms with van der Waals surface area (Å²) >= 11 is 0. The van der Waals surface area contributed by atoms with Crippen LogP contribution in [0.25, 0.3) is 0 Å². The van der Waals surface area contributed by atoms with Crippen molar-refractivity contribution in [3.05, 3.63) is 18.0 Å². The summed E-state index contributed by atoms with van der Waals surface area (Å²) in [6.45, 7) is 5.91. The summed E-state index contributed by atoms with van der Waals surface area (Å²) in [4.78, 5) is 0. The molecule has 0 aromatic carbocycles. The van der Waals surface area contributed by atoms with Crippen LogP contribution in [0.5, 0.6) is 0 Å². The largest absolute Gasteiger partial charge is 0.311 e. The van der Waals surface area contributed by atoms with Gasteiger partial charge in [-0.1, -0.05) is 26.7 Å². The predicted molar refractivity (Wildman–Crippen MR) is 75.6 cm³/mol. The zero-order valence-electron chi connectivity index (χ0n) is 12.1. The minimum atomic E-state index is 0.340. The predicted octanol–water partition coefficient (Wildman–Crippen LogP) is 2.91. The molecule has 1 unspecified atom stereocenters. The van der Waals surface area contributed by atoms with Crippen molar-refractivity contribution in [2.45, 2.75) is 57.9 Å². The van der Waals surface area contributed by atoms with Crippen LogP contribution in [0.15, 0.2) is 12.4 Å². The van der Waals surface area contributed by atoms with E-state index in [1.807, 2.05) is 17.9 Å². The maximum atomic E-state index is 4.26. The molecule has 3 heteroatoms. The van der Waals surface area contributed by atoms with Gasteiger partial charge in [0.25, 0.3) is 0 Å². The summed E-state index contributed by atoms with van der Waals surface area (Å²) in [6, 6.07) is 0. The summed E-state index contributed by atoms with van der Waals surface area (Å²) in [5.41, 5.74) is 1.70. The lowest BCUT2D eigenvalue weighted by Crippen LogP contribution is -2.49. The van der Waals surface area contributed by atoms with E-state index in [9.17, 15) is 0 Å². The van der Waals surface area contributed by atoms with Crippen molar-refractivity contribution in [2.75, 3.05) is 6.54 Å². The molecule has 1 atom stereocenters. The zero-order valence-corrected chi connectivity index (χ0v) is 12.1. The SMILES string of the molecule is CC(C)C1(CCc2cnn(C)c2)CCCCCN1. The average Bonchev–Trinajstić information content (AvgIpc) is 2.62. The highest BCUT2D eigenvalue weighted by Crippen LogP contribution is 2.31. The lowest BCUT2D eigenvalue weighted by molar-refractivity contribution is 0.211. The van der Waals surface area contributed by atoms with Crippen LogP contribution in [-0.2, 0) is 13.5 Å². The van der Waals surface area contributed by atoms with Crippen molar-refractivity contribution in [1.82, 2.24) is 15.1 Å². The smallest absolute Gasteiger partial charge is 0.0521 e. The molecule has 0 amide bonds. The van der Waals surface area contributed by atoms with Gasteiger partial charge in [0.15, 0.2) is 0 Å². The van der Waals surface area contributed by atoms with Crippen LogP contribution in [0.1, 0.15) is 51.5 Å². The second-order valence-electron chi connectivity index (χ2n) is 6.07. The molecule has 1 aromatic heterocycles. The van der Waals surface area contributed by atoms with Crippen LogP contribution in [-0.4, -0.2) is 21.9 Å². The van der Waals surface area contributed by atoms with Gasteiger partial charge in [-0.3, -0.25) is 4.68 Å². The number of nitrogens with one attached hydrogen (secondary N) is 1. The highest BCUT2D eigenvalue weighted by molar-refractivity contribution is 5.06. The van der Waals surface area contributed by atoms with Gasteiger partial charge in [-0.25, -0.2) is 0 Å². The van der Waals surface area contributed by atoms with Gasteiger partial charge in [0, 0.05) is 18.8 Å². The van der Waals surface area contributed by atoms with Gasteiger partial charge in [-0.15, -0.1) is 0 Å². The third-order valence-electron chi connectivity index (χ3n) is 4.50. The summed E-state index contributed by atoms with van der Waals surface area (Å²) in [5.74, 6) is 0.701. The number of aryl methyl sites for hydroxylation is 2. The first-order valence-electron chi connectivity index (χ1n) is 7.35. The second kappa shape index (κ2) is 5.87. The Labute approximate surface area is 111 Å². The van der Waals surface area contributed by atoms with E-state index in [0.717, 1.165) is 6.42 Å². The van der Waals surface area contributed by atoms with E-state index in [0.29, 0.717) is 11.5 Å². The van der Waals surface area contributed by atoms with E-state index in [1.165, 1.54) is 44.2 Å². The summed E-state index contributed by atoms with van der Waals surface area (Å²) in [7, 11) is 1.99. The third-order valence-corrected chi connectivity index (χ3v) is 4.50. The monoisotopic (exact) mass is 249 g/mol. The maximum absolute atomic E-state index is 4.26. The molecule has 1 aliphatic rings. The van der Waals surface area contributed by atoms with Crippen LogP contribution < -0.4 is 5.32 Å². The quantitative estimate of drug-likeness (QED) is 0.889. The number of nitrogens with zero attached hydrogens (tertiary/aromatic N) is 2. The number of hydrogen-bond acceptors (Lipinski definition) is 2. The third kappa shape index (κ3) is 3.14. The topological polar surface area (TPSA) is 29.9 Å². The Morgan fingerprint density at radius 3 is 2.89 bits per heavy atom. The van der Waals surface area contributed by atoms with Gasteiger partial charge in [0.2, 0.25) is 0 Å². The molecule has 0 bridgehead atoms. The Morgan fingerprint density at radius 1 is 1.39 bits per heavy atom. The first kappa shape index (κ1) is 13.6. The van der Waals surface area contributed by atoms with Crippen molar-refractivity contribution in [2.24, 2.45) is 13.0 Å². The molecule has 0 spiro atoms. The molecule has 2 rings (SSSR count). The molecule has 1 saturated heterocycles. The van der Waals surface area contributed by atoms with Crippen LogP contribution in [0.2, 0.25) is 0 Å². The van der Waals surface area contributed by atoms with Crippen molar-refractivity contribution in [3.8, 4) is 0 Å².